The van der Waals surface area contributed by atoms with Gasteiger partial charge in [-0.05, 0) is 23.8 Å². The van der Waals surface area contributed by atoms with Crippen LogP contribution in [0.5, 0.6) is 5.75 Å². The molecule has 2 aromatic rings. The van der Waals surface area contributed by atoms with Crippen LogP contribution in [0, 0.1) is 0 Å². The third-order valence-corrected chi connectivity index (χ3v) is 2.72. The van der Waals surface area contributed by atoms with Crippen molar-refractivity contribution < 1.29 is 4.74 Å². The Balaban J connectivity index is 2.10. The number of hydrogen-bond donors (Lipinski definition) is 1. The molecule has 0 radical (unpaired) electrons. The van der Waals surface area contributed by atoms with Crippen molar-refractivity contribution in [3.05, 3.63) is 58.9 Å². The zero-order valence-electron chi connectivity index (χ0n) is 9.27. The van der Waals surface area contributed by atoms with Crippen LogP contribution in [0.1, 0.15) is 11.3 Å². The highest BCUT2D eigenvalue weighted by Gasteiger charge is 2.04. The van der Waals surface area contributed by atoms with Gasteiger partial charge in [-0.1, -0.05) is 29.8 Å². The fourth-order valence-corrected chi connectivity index (χ4v) is 1.69. The minimum atomic E-state index is 0.372. The number of halogens is 1. The monoisotopic (exact) mass is 248 g/mol. The van der Waals surface area contributed by atoms with E-state index in [0.29, 0.717) is 23.9 Å². The van der Waals surface area contributed by atoms with Gasteiger partial charge in [0.1, 0.15) is 12.4 Å². The minimum absolute atomic E-state index is 0.372. The Kier molecular flexibility index (Phi) is 3.96. The summed E-state index contributed by atoms with van der Waals surface area (Å²) in [6.07, 6.45) is 1.73. The van der Waals surface area contributed by atoms with E-state index >= 15 is 0 Å². The highest BCUT2D eigenvalue weighted by atomic mass is 35.5. The second-order valence-electron chi connectivity index (χ2n) is 3.53. The van der Waals surface area contributed by atoms with Crippen molar-refractivity contribution >= 4 is 11.6 Å². The van der Waals surface area contributed by atoms with Crippen molar-refractivity contribution in [3.63, 3.8) is 0 Å². The van der Waals surface area contributed by atoms with E-state index < -0.39 is 0 Å². The standard InChI is InChI=1S/C13H13ClN2O/c14-11-5-1-2-6-13(11)17-9-12-10(8-15)4-3-7-16-12/h1-7H,8-9,15H2. The predicted octanol–water partition coefficient (Wildman–Crippen LogP) is 2.77. The van der Waals surface area contributed by atoms with Crippen LogP contribution in [0.4, 0.5) is 0 Å². The molecule has 0 fully saturated rings. The number of pyridine rings is 1. The van der Waals surface area contributed by atoms with Crippen LogP contribution in [0.25, 0.3) is 0 Å². The first kappa shape index (κ1) is 11.9. The molecular weight excluding hydrogens is 236 g/mol. The number of hydrogen-bond acceptors (Lipinski definition) is 3. The molecular formula is C13H13ClN2O. The van der Waals surface area contributed by atoms with Crippen molar-refractivity contribution in [1.82, 2.24) is 4.98 Å². The summed E-state index contributed by atoms with van der Waals surface area (Å²) in [7, 11) is 0. The lowest BCUT2D eigenvalue weighted by atomic mass is 10.2. The molecule has 3 nitrogen and oxygen atoms in total. The van der Waals surface area contributed by atoms with Crippen LogP contribution in [-0.4, -0.2) is 4.98 Å². The Labute approximate surface area is 105 Å². The van der Waals surface area contributed by atoms with Crippen LogP contribution < -0.4 is 10.5 Å². The van der Waals surface area contributed by atoms with Gasteiger partial charge in [0.25, 0.3) is 0 Å². The lowest BCUT2D eigenvalue weighted by Crippen LogP contribution is -2.06. The van der Waals surface area contributed by atoms with Gasteiger partial charge in [0, 0.05) is 12.7 Å². The van der Waals surface area contributed by atoms with Gasteiger partial charge in [-0.15, -0.1) is 0 Å². The second kappa shape index (κ2) is 5.66. The maximum Gasteiger partial charge on any atom is 0.138 e. The van der Waals surface area contributed by atoms with Crippen molar-refractivity contribution in [2.24, 2.45) is 5.73 Å². The minimum Gasteiger partial charge on any atom is -0.486 e. The Morgan fingerprint density at radius 3 is 2.76 bits per heavy atom. The molecule has 2 N–H and O–H groups in total. The molecule has 0 aliphatic rings. The van der Waals surface area contributed by atoms with E-state index in [9.17, 15) is 0 Å². The molecule has 0 aliphatic carbocycles. The molecule has 88 valence electrons. The Bertz CT molecular complexity index is 502. The molecule has 0 bridgehead atoms. The van der Waals surface area contributed by atoms with Crippen LogP contribution in [0.3, 0.4) is 0 Å². The van der Waals surface area contributed by atoms with E-state index in [4.69, 9.17) is 22.1 Å². The van der Waals surface area contributed by atoms with E-state index in [2.05, 4.69) is 4.98 Å². The van der Waals surface area contributed by atoms with Gasteiger partial charge in [0.15, 0.2) is 0 Å². The number of para-hydroxylation sites is 1. The summed E-state index contributed by atoms with van der Waals surface area (Å²) in [5, 5.41) is 0.595. The van der Waals surface area contributed by atoms with Gasteiger partial charge >= 0.3 is 0 Å². The van der Waals surface area contributed by atoms with E-state index in [0.717, 1.165) is 11.3 Å². The summed E-state index contributed by atoms with van der Waals surface area (Å²) in [4.78, 5) is 4.25. The van der Waals surface area contributed by atoms with E-state index in [1.54, 1.807) is 12.3 Å². The van der Waals surface area contributed by atoms with E-state index in [1.165, 1.54) is 0 Å². The Morgan fingerprint density at radius 2 is 2.00 bits per heavy atom. The fraction of sp³-hybridized carbons (Fsp3) is 0.154. The summed E-state index contributed by atoms with van der Waals surface area (Å²) in [5.41, 5.74) is 7.46. The molecule has 2 rings (SSSR count). The average molecular weight is 249 g/mol. The highest BCUT2D eigenvalue weighted by Crippen LogP contribution is 2.24. The van der Waals surface area contributed by atoms with Crippen LogP contribution >= 0.6 is 11.6 Å². The largest absolute Gasteiger partial charge is 0.486 e. The molecule has 1 aromatic heterocycles. The fourth-order valence-electron chi connectivity index (χ4n) is 1.50. The summed E-state index contributed by atoms with van der Waals surface area (Å²) < 4.78 is 5.62. The highest BCUT2D eigenvalue weighted by molar-refractivity contribution is 6.32. The van der Waals surface area contributed by atoms with Gasteiger partial charge < -0.3 is 10.5 Å². The van der Waals surface area contributed by atoms with Gasteiger partial charge in [-0.2, -0.15) is 0 Å². The first-order valence-corrected chi connectivity index (χ1v) is 5.69. The molecule has 0 unspecified atom stereocenters. The Hall–Kier alpha value is -1.58. The molecule has 4 heteroatoms. The number of rotatable bonds is 4. The normalized spacial score (nSPS) is 10.2. The molecule has 0 spiro atoms. The summed E-state index contributed by atoms with van der Waals surface area (Å²) in [5.74, 6) is 0.655. The molecule has 17 heavy (non-hydrogen) atoms. The lowest BCUT2D eigenvalue weighted by molar-refractivity contribution is 0.300. The quantitative estimate of drug-likeness (QED) is 0.905. The second-order valence-corrected chi connectivity index (χ2v) is 3.94. The zero-order valence-corrected chi connectivity index (χ0v) is 10.0. The maximum absolute atomic E-state index is 5.99. The smallest absolute Gasteiger partial charge is 0.138 e. The van der Waals surface area contributed by atoms with Crippen molar-refractivity contribution in [3.8, 4) is 5.75 Å². The van der Waals surface area contributed by atoms with Gasteiger partial charge in [0.05, 0.1) is 10.7 Å². The van der Waals surface area contributed by atoms with Crippen molar-refractivity contribution in [1.29, 1.82) is 0 Å². The Morgan fingerprint density at radius 1 is 1.18 bits per heavy atom. The first-order valence-electron chi connectivity index (χ1n) is 5.31. The van der Waals surface area contributed by atoms with Crippen LogP contribution in [0.15, 0.2) is 42.6 Å². The summed E-state index contributed by atoms with van der Waals surface area (Å²) in [6, 6.07) is 11.2. The van der Waals surface area contributed by atoms with Crippen molar-refractivity contribution in [2.45, 2.75) is 13.2 Å². The van der Waals surface area contributed by atoms with Crippen molar-refractivity contribution in [2.75, 3.05) is 0 Å². The topological polar surface area (TPSA) is 48.1 Å². The zero-order chi connectivity index (χ0) is 12.1. The third-order valence-electron chi connectivity index (χ3n) is 2.41. The van der Waals surface area contributed by atoms with E-state index in [-0.39, 0.29) is 0 Å². The summed E-state index contributed by atoms with van der Waals surface area (Å²) >= 11 is 5.99. The molecule has 0 amide bonds. The van der Waals surface area contributed by atoms with Gasteiger partial charge in [-0.3, -0.25) is 4.98 Å². The molecule has 0 saturated heterocycles. The predicted molar refractivity (Wildman–Crippen MR) is 67.9 cm³/mol. The van der Waals surface area contributed by atoms with Gasteiger partial charge in [-0.25, -0.2) is 0 Å². The van der Waals surface area contributed by atoms with Gasteiger partial charge in [0.2, 0.25) is 0 Å². The number of ether oxygens (including phenoxy) is 1. The van der Waals surface area contributed by atoms with E-state index in [1.807, 2.05) is 30.3 Å². The number of nitrogens with two attached hydrogens (primary N) is 1. The molecule has 1 heterocycles. The summed E-state index contributed by atoms with van der Waals surface area (Å²) in [6.45, 7) is 0.826. The SMILES string of the molecule is NCc1cccnc1COc1ccccc1Cl. The molecule has 0 atom stereocenters. The maximum atomic E-state index is 5.99. The third kappa shape index (κ3) is 2.96. The number of nitrogens with zero attached hydrogens (tertiary/aromatic N) is 1. The average Bonchev–Trinajstić information content (AvgIpc) is 2.38. The number of benzene rings is 1. The van der Waals surface area contributed by atoms with Crippen LogP contribution in [0.2, 0.25) is 5.02 Å². The first-order chi connectivity index (χ1) is 8.31. The van der Waals surface area contributed by atoms with Crippen LogP contribution in [-0.2, 0) is 13.2 Å². The molecule has 0 aliphatic heterocycles. The number of aromatic nitrogens is 1. The lowest BCUT2D eigenvalue weighted by Gasteiger charge is -2.09. The molecule has 1 aromatic carbocycles. The molecule has 0 saturated carbocycles.